The quantitative estimate of drug-likeness (QED) is 0.872. The Morgan fingerprint density at radius 3 is 2.57 bits per heavy atom. The molecule has 4 nitrogen and oxygen atoms in total. The molecule has 2 amide bonds. The zero-order valence-corrected chi connectivity index (χ0v) is 13.1. The molecule has 0 radical (unpaired) electrons. The lowest BCUT2D eigenvalue weighted by molar-refractivity contribution is -0.120. The van der Waals surface area contributed by atoms with Crippen molar-refractivity contribution in [2.24, 2.45) is 5.92 Å². The number of rotatable bonds is 6. The van der Waals surface area contributed by atoms with Crippen molar-refractivity contribution >= 4 is 23.2 Å². The van der Waals surface area contributed by atoms with Gasteiger partial charge in [0.1, 0.15) is 0 Å². The summed E-state index contributed by atoms with van der Waals surface area (Å²) in [7, 11) is 1.78. The summed E-state index contributed by atoms with van der Waals surface area (Å²) in [4.78, 5) is 25.7. The molecule has 0 saturated heterocycles. The molecule has 0 fully saturated rings. The highest BCUT2D eigenvalue weighted by Crippen LogP contribution is 2.30. The van der Waals surface area contributed by atoms with Crippen LogP contribution in [0.1, 0.15) is 45.1 Å². The van der Waals surface area contributed by atoms with Gasteiger partial charge in [-0.3, -0.25) is 9.59 Å². The number of nitrogens with one attached hydrogen (secondary N) is 1. The summed E-state index contributed by atoms with van der Waals surface area (Å²) >= 11 is 0. The van der Waals surface area contributed by atoms with Gasteiger partial charge in [-0.25, -0.2) is 0 Å². The summed E-state index contributed by atoms with van der Waals surface area (Å²) in [5.74, 6) is 0.275. The molecule has 0 aromatic heterocycles. The standard InChI is InChI=1S/C17H24N2O2/c1-4-6-12(7-5-2)17(21)18-14-8-9-15-13(10-14)11-16(20)19(15)3/h8-10,12H,4-7,11H2,1-3H3,(H,18,21). The molecule has 1 heterocycles. The van der Waals surface area contributed by atoms with Crippen LogP contribution in [-0.4, -0.2) is 18.9 Å². The Bertz CT molecular complexity index is 534. The van der Waals surface area contributed by atoms with E-state index in [2.05, 4.69) is 19.2 Å². The minimum absolute atomic E-state index is 0.0811. The molecule has 1 N–H and O–H groups in total. The van der Waals surface area contributed by atoms with Crippen LogP contribution in [0.4, 0.5) is 11.4 Å². The Morgan fingerprint density at radius 1 is 1.29 bits per heavy atom. The molecule has 1 aromatic rings. The number of fused-ring (bicyclic) bond motifs is 1. The highest BCUT2D eigenvalue weighted by molar-refractivity contribution is 6.02. The Balaban J connectivity index is 2.08. The van der Waals surface area contributed by atoms with Crippen LogP contribution in [0.5, 0.6) is 0 Å². The minimum Gasteiger partial charge on any atom is -0.326 e. The van der Waals surface area contributed by atoms with Crippen LogP contribution in [0.15, 0.2) is 18.2 Å². The lowest BCUT2D eigenvalue weighted by Crippen LogP contribution is -2.22. The van der Waals surface area contributed by atoms with Gasteiger partial charge in [0, 0.05) is 24.3 Å². The maximum absolute atomic E-state index is 12.3. The van der Waals surface area contributed by atoms with Crippen molar-refractivity contribution in [3.8, 4) is 0 Å². The molecule has 21 heavy (non-hydrogen) atoms. The first kappa shape index (κ1) is 15.5. The summed E-state index contributed by atoms with van der Waals surface area (Å²) in [6, 6.07) is 5.70. The van der Waals surface area contributed by atoms with Crippen LogP contribution in [0.25, 0.3) is 0 Å². The molecule has 1 aromatic carbocycles. The lowest BCUT2D eigenvalue weighted by Gasteiger charge is -2.16. The fourth-order valence-electron chi connectivity index (χ4n) is 2.90. The van der Waals surface area contributed by atoms with E-state index >= 15 is 0 Å². The van der Waals surface area contributed by atoms with Crippen LogP contribution in [0.3, 0.4) is 0 Å². The molecular weight excluding hydrogens is 264 g/mol. The molecule has 0 bridgehead atoms. The summed E-state index contributed by atoms with van der Waals surface area (Å²) in [6.45, 7) is 4.21. The zero-order chi connectivity index (χ0) is 15.4. The maximum Gasteiger partial charge on any atom is 0.231 e. The number of hydrogen-bond donors (Lipinski definition) is 1. The van der Waals surface area contributed by atoms with Crippen LogP contribution in [0, 0.1) is 5.92 Å². The van der Waals surface area contributed by atoms with Gasteiger partial charge in [-0.2, -0.15) is 0 Å². The van der Waals surface area contributed by atoms with Gasteiger partial charge in [-0.15, -0.1) is 0 Å². The van der Waals surface area contributed by atoms with E-state index in [4.69, 9.17) is 0 Å². The van der Waals surface area contributed by atoms with Crippen molar-refractivity contribution in [3.63, 3.8) is 0 Å². The second-order valence-electron chi connectivity index (χ2n) is 5.74. The third kappa shape index (κ3) is 3.43. The first-order valence-corrected chi connectivity index (χ1v) is 7.77. The normalized spacial score (nSPS) is 13.7. The van der Waals surface area contributed by atoms with Gasteiger partial charge >= 0.3 is 0 Å². The third-order valence-corrected chi connectivity index (χ3v) is 4.07. The van der Waals surface area contributed by atoms with E-state index in [-0.39, 0.29) is 17.7 Å². The van der Waals surface area contributed by atoms with Crippen LogP contribution >= 0.6 is 0 Å². The molecular formula is C17H24N2O2. The van der Waals surface area contributed by atoms with Crippen molar-refractivity contribution in [3.05, 3.63) is 23.8 Å². The van der Waals surface area contributed by atoms with Crippen molar-refractivity contribution in [1.82, 2.24) is 0 Å². The maximum atomic E-state index is 12.3. The number of hydrogen-bond acceptors (Lipinski definition) is 2. The predicted octanol–water partition coefficient (Wildman–Crippen LogP) is 3.36. The van der Waals surface area contributed by atoms with Crippen LogP contribution in [-0.2, 0) is 16.0 Å². The molecule has 4 heteroatoms. The lowest BCUT2D eigenvalue weighted by atomic mass is 9.97. The molecule has 114 valence electrons. The average Bonchev–Trinajstić information content (AvgIpc) is 2.73. The topological polar surface area (TPSA) is 49.4 Å². The number of nitrogens with zero attached hydrogens (tertiary/aromatic N) is 1. The van der Waals surface area contributed by atoms with Crippen molar-refractivity contribution in [2.45, 2.75) is 46.0 Å². The fraction of sp³-hybridized carbons (Fsp3) is 0.529. The monoisotopic (exact) mass is 288 g/mol. The van der Waals surface area contributed by atoms with Crippen molar-refractivity contribution < 1.29 is 9.59 Å². The molecule has 1 aliphatic heterocycles. The Morgan fingerprint density at radius 2 is 1.95 bits per heavy atom. The molecule has 0 aliphatic carbocycles. The largest absolute Gasteiger partial charge is 0.326 e. The average molecular weight is 288 g/mol. The predicted molar refractivity (Wildman–Crippen MR) is 85.5 cm³/mol. The number of anilines is 2. The van der Waals surface area contributed by atoms with E-state index in [1.165, 1.54) is 0 Å². The van der Waals surface area contributed by atoms with E-state index in [0.717, 1.165) is 42.6 Å². The summed E-state index contributed by atoms with van der Waals surface area (Å²) < 4.78 is 0. The smallest absolute Gasteiger partial charge is 0.231 e. The summed E-state index contributed by atoms with van der Waals surface area (Å²) in [5, 5.41) is 3.00. The molecule has 0 unspecified atom stereocenters. The van der Waals surface area contributed by atoms with E-state index in [0.29, 0.717) is 6.42 Å². The summed E-state index contributed by atoms with van der Waals surface area (Å²) in [6.07, 6.45) is 4.30. The number of carbonyl (C=O) groups is 2. The number of benzene rings is 1. The van der Waals surface area contributed by atoms with Gasteiger partial charge in [-0.1, -0.05) is 26.7 Å². The number of amides is 2. The van der Waals surface area contributed by atoms with Gasteiger partial charge in [0.2, 0.25) is 11.8 Å². The second kappa shape index (κ2) is 6.74. The first-order chi connectivity index (χ1) is 10.1. The van der Waals surface area contributed by atoms with Gasteiger partial charge in [0.05, 0.1) is 6.42 Å². The second-order valence-corrected chi connectivity index (χ2v) is 5.74. The fourth-order valence-corrected chi connectivity index (χ4v) is 2.90. The molecule has 0 atom stereocenters. The highest BCUT2D eigenvalue weighted by Gasteiger charge is 2.24. The van der Waals surface area contributed by atoms with Gasteiger partial charge < -0.3 is 10.2 Å². The first-order valence-electron chi connectivity index (χ1n) is 7.77. The number of likely N-dealkylation sites (N-methyl/N-ethyl adjacent to an activating group) is 1. The van der Waals surface area contributed by atoms with E-state index in [1.807, 2.05) is 18.2 Å². The van der Waals surface area contributed by atoms with E-state index in [9.17, 15) is 9.59 Å². The van der Waals surface area contributed by atoms with Crippen LogP contribution < -0.4 is 10.2 Å². The van der Waals surface area contributed by atoms with Gasteiger partial charge in [0.25, 0.3) is 0 Å². The Hall–Kier alpha value is -1.84. The minimum atomic E-state index is 0.0811. The third-order valence-electron chi connectivity index (χ3n) is 4.07. The van der Waals surface area contributed by atoms with E-state index in [1.54, 1.807) is 11.9 Å². The summed E-state index contributed by atoms with van der Waals surface area (Å²) in [5.41, 5.74) is 2.72. The Labute approximate surface area is 126 Å². The number of carbonyl (C=O) groups excluding carboxylic acids is 2. The molecule has 0 spiro atoms. The van der Waals surface area contributed by atoms with Gasteiger partial charge in [0.15, 0.2) is 0 Å². The van der Waals surface area contributed by atoms with Crippen molar-refractivity contribution in [2.75, 3.05) is 17.3 Å². The molecule has 0 saturated carbocycles. The van der Waals surface area contributed by atoms with E-state index < -0.39 is 0 Å². The SMILES string of the molecule is CCCC(CCC)C(=O)Nc1ccc2c(c1)CC(=O)N2C. The van der Waals surface area contributed by atoms with Gasteiger partial charge in [-0.05, 0) is 36.6 Å². The van der Waals surface area contributed by atoms with Crippen molar-refractivity contribution in [1.29, 1.82) is 0 Å². The Kier molecular flexibility index (Phi) is 4.99. The van der Waals surface area contributed by atoms with Crippen LogP contribution in [0.2, 0.25) is 0 Å². The molecule has 1 aliphatic rings. The zero-order valence-electron chi connectivity index (χ0n) is 13.1. The molecule has 2 rings (SSSR count). The highest BCUT2D eigenvalue weighted by atomic mass is 16.2.